The van der Waals surface area contributed by atoms with Crippen molar-refractivity contribution in [2.24, 2.45) is 5.16 Å². The van der Waals surface area contributed by atoms with Gasteiger partial charge in [0.2, 0.25) is 12.2 Å². The quantitative estimate of drug-likeness (QED) is 0.351. The minimum absolute atomic E-state index is 0.142. The smallest absolute Gasteiger partial charge is 0.373 e. The zero-order chi connectivity index (χ0) is 13.6. The molecule has 0 bridgehead atoms. The fourth-order valence-corrected chi connectivity index (χ4v) is 1.37. The second kappa shape index (κ2) is 6.14. The highest BCUT2D eigenvalue weighted by molar-refractivity contribution is 5.75. The number of oxime groups is 1. The van der Waals surface area contributed by atoms with Gasteiger partial charge in [-0.15, -0.1) is 0 Å². The Hall–Kier alpha value is -1.91. The van der Waals surface area contributed by atoms with Crippen LogP contribution in [0.1, 0.15) is 26.5 Å². The van der Waals surface area contributed by atoms with Crippen molar-refractivity contribution in [2.75, 3.05) is 7.11 Å². The van der Waals surface area contributed by atoms with Crippen molar-refractivity contribution in [1.29, 1.82) is 0 Å². The van der Waals surface area contributed by atoms with Gasteiger partial charge in [0.05, 0.1) is 0 Å². The molecule has 0 fully saturated rings. The first kappa shape index (κ1) is 14.2. The maximum absolute atomic E-state index is 11.7. The molecule has 1 aromatic heterocycles. The molecule has 0 radical (unpaired) electrons. The first-order chi connectivity index (χ1) is 8.42. The van der Waals surface area contributed by atoms with Crippen molar-refractivity contribution in [3.63, 3.8) is 0 Å². The molecule has 0 unspecified atom stereocenters. The molecule has 1 rings (SSSR count). The minimum atomic E-state index is -0.479. The van der Waals surface area contributed by atoms with E-state index >= 15 is 0 Å². The van der Waals surface area contributed by atoms with Gasteiger partial charge in [0.25, 0.3) is 0 Å². The van der Waals surface area contributed by atoms with Crippen molar-refractivity contribution < 1.29 is 18.9 Å². The molecule has 0 aliphatic rings. The predicted molar refractivity (Wildman–Crippen MR) is 67.1 cm³/mol. The lowest BCUT2D eigenvalue weighted by Gasteiger charge is -2.18. The molecule has 5 heteroatoms. The van der Waals surface area contributed by atoms with Gasteiger partial charge in [0.15, 0.2) is 6.20 Å². The van der Waals surface area contributed by atoms with E-state index in [0.29, 0.717) is 0 Å². The van der Waals surface area contributed by atoms with Gasteiger partial charge in [-0.1, -0.05) is 5.16 Å². The van der Waals surface area contributed by atoms with Crippen LogP contribution in [0.25, 0.3) is 0 Å². The molecule has 0 amide bonds. The summed E-state index contributed by atoms with van der Waals surface area (Å²) in [5.74, 6) is -0.286. The zero-order valence-electron chi connectivity index (χ0n) is 11.2. The molecule has 18 heavy (non-hydrogen) atoms. The highest BCUT2D eigenvalue weighted by Gasteiger charge is 2.20. The molecule has 1 heterocycles. The summed E-state index contributed by atoms with van der Waals surface area (Å²) in [6.07, 6.45) is 3.34. The summed E-state index contributed by atoms with van der Waals surface area (Å²) in [6.45, 7) is 5.67. The van der Waals surface area contributed by atoms with Crippen LogP contribution in [0, 0.1) is 0 Å². The second-order valence-corrected chi connectivity index (χ2v) is 4.76. The van der Waals surface area contributed by atoms with Gasteiger partial charge < -0.3 is 9.57 Å². The SMILES string of the molecule is CO/N=C/c1cccc[n+]1CC(=O)OC(C)(C)C. The molecule has 0 aliphatic carbocycles. The van der Waals surface area contributed by atoms with E-state index in [9.17, 15) is 4.79 Å². The summed E-state index contributed by atoms with van der Waals surface area (Å²) in [7, 11) is 1.47. The van der Waals surface area contributed by atoms with E-state index in [0.717, 1.165) is 5.69 Å². The fourth-order valence-electron chi connectivity index (χ4n) is 1.37. The van der Waals surface area contributed by atoms with Gasteiger partial charge in [-0.2, -0.15) is 4.57 Å². The fraction of sp³-hybridized carbons (Fsp3) is 0.462. The van der Waals surface area contributed by atoms with Gasteiger partial charge in [-0.3, -0.25) is 0 Å². The van der Waals surface area contributed by atoms with Gasteiger partial charge in [0, 0.05) is 12.1 Å². The van der Waals surface area contributed by atoms with Crippen LogP contribution in [0.15, 0.2) is 29.6 Å². The number of carbonyl (C=O) groups excluding carboxylic acids is 1. The Morgan fingerprint density at radius 1 is 1.44 bits per heavy atom. The monoisotopic (exact) mass is 251 g/mol. The summed E-state index contributed by atoms with van der Waals surface area (Å²) in [5.41, 5.74) is 0.290. The molecule has 0 atom stereocenters. The number of esters is 1. The molecular formula is C13H19N2O3+. The summed E-state index contributed by atoms with van der Waals surface area (Å²) in [4.78, 5) is 16.4. The molecule has 0 aliphatic heterocycles. The molecule has 0 N–H and O–H groups in total. The third kappa shape index (κ3) is 4.95. The lowest BCUT2D eigenvalue weighted by Crippen LogP contribution is -2.43. The molecule has 0 saturated carbocycles. The van der Waals surface area contributed by atoms with Gasteiger partial charge >= 0.3 is 5.97 Å². The average molecular weight is 251 g/mol. The number of rotatable bonds is 4. The van der Waals surface area contributed by atoms with Gasteiger partial charge in [0.1, 0.15) is 18.9 Å². The Balaban J connectivity index is 2.78. The number of pyridine rings is 1. The standard InChI is InChI=1S/C13H19N2O3/c1-13(2,3)18-12(16)10-15-8-6-5-7-11(15)9-14-17-4/h5-9H,10H2,1-4H3/q+1/b14-9+. The van der Waals surface area contributed by atoms with Crippen LogP contribution < -0.4 is 4.57 Å². The van der Waals surface area contributed by atoms with Crippen molar-refractivity contribution in [2.45, 2.75) is 32.9 Å². The Kier molecular flexibility index (Phi) is 4.83. The summed E-state index contributed by atoms with van der Waals surface area (Å²) in [5, 5.41) is 3.69. The molecule has 1 aromatic rings. The number of aromatic nitrogens is 1. The van der Waals surface area contributed by atoms with Crippen LogP contribution in [-0.4, -0.2) is 24.9 Å². The second-order valence-electron chi connectivity index (χ2n) is 4.76. The van der Waals surface area contributed by atoms with Crippen LogP contribution >= 0.6 is 0 Å². The average Bonchev–Trinajstić information content (AvgIpc) is 2.25. The summed E-state index contributed by atoms with van der Waals surface area (Å²) < 4.78 is 7.01. The summed E-state index contributed by atoms with van der Waals surface area (Å²) in [6, 6.07) is 5.55. The maximum Gasteiger partial charge on any atom is 0.373 e. The molecule has 0 aromatic carbocycles. The third-order valence-corrected chi connectivity index (χ3v) is 1.99. The molecule has 98 valence electrons. The Morgan fingerprint density at radius 3 is 2.78 bits per heavy atom. The van der Waals surface area contributed by atoms with Gasteiger partial charge in [-0.25, -0.2) is 4.79 Å². The normalized spacial score (nSPS) is 11.6. The van der Waals surface area contributed by atoms with E-state index in [1.807, 2.05) is 39.0 Å². The number of carbonyl (C=O) groups is 1. The van der Waals surface area contributed by atoms with Gasteiger partial charge in [-0.05, 0) is 26.8 Å². The first-order valence-electron chi connectivity index (χ1n) is 5.69. The van der Waals surface area contributed by atoms with E-state index in [1.54, 1.807) is 17.0 Å². The minimum Gasteiger partial charge on any atom is -0.455 e. The van der Waals surface area contributed by atoms with E-state index in [-0.39, 0.29) is 12.5 Å². The summed E-state index contributed by atoms with van der Waals surface area (Å²) >= 11 is 0. The molecular weight excluding hydrogens is 232 g/mol. The predicted octanol–water partition coefficient (Wildman–Crippen LogP) is 1.30. The highest BCUT2D eigenvalue weighted by Crippen LogP contribution is 2.06. The van der Waals surface area contributed by atoms with Crippen LogP contribution in [0.5, 0.6) is 0 Å². The van der Waals surface area contributed by atoms with Crippen LogP contribution in [0.3, 0.4) is 0 Å². The maximum atomic E-state index is 11.7. The van der Waals surface area contributed by atoms with Crippen LogP contribution in [0.4, 0.5) is 0 Å². The van der Waals surface area contributed by atoms with Crippen molar-refractivity contribution >= 4 is 12.2 Å². The number of ether oxygens (including phenoxy) is 1. The Bertz CT molecular complexity index is 436. The first-order valence-corrected chi connectivity index (χ1v) is 5.69. The van der Waals surface area contributed by atoms with Crippen molar-refractivity contribution in [3.8, 4) is 0 Å². The largest absolute Gasteiger partial charge is 0.455 e. The number of hydrogen-bond acceptors (Lipinski definition) is 4. The van der Waals surface area contributed by atoms with Crippen LogP contribution in [-0.2, 0) is 20.9 Å². The lowest BCUT2D eigenvalue weighted by atomic mass is 10.2. The van der Waals surface area contributed by atoms with E-state index in [1.165, 1.54) is 7.11 Å². The van der Waals surface area contributed by atoms with Crippen molar-refractivity contribution in [3.05, 3.63) is 30.1 Å². The zero-order valence-corrected chi connectivity index (χ0v) is 11.2. The lowest BCUT2D eigenvalue weighted by molar-refractivity contribution is -0.687. The Morgan fingerprint density at radius 2 is 2.17 bits per heavy atom. The highest BCUT2D eigenvalue weighted by atomic mass is 16.6. The van der Waals surface area contributed by atoms with Crippen LogP contribution in [0.2, 0.25) is 0 Å². The topological polar surface area (TPSA) is 51.8 Å². The molecule has 0 spiro atoms. The molecule has 5 nitrogen and oxygen atoms in total. The Labute approximate surface area is 107 Å². The van der Waals surface area contributed by atoms with E-state index in [2.05, 4.69) is 9.99 Å². The van der Waals surface area contributed by atoms with Crippen molar-refractivity contribution in [1.82, 2.24) is 0 Å². The third-order valence-electron chi connectivity index (χ3n) is 1.99. The molecule has 0 saturated heterocycles. The van der Waals surface area contributed by atoms with E-state index in [4.69, 9.17) is 4.74 Å². The van der Waals surface area contributed by atoms with E-state index < -0.39 is 5.60 Å². The number of hydrogen-bond donors (Lipinski definition) is 0. The number of nitrogens with zero attached hydrogens (tertiary/aromatic N) is 2.